The van der Waals surface area contributed by atoms with E-state index >= 15 is 4.39 Å². The van der Waals surface area contributed by atoms with Gasteiger partial charge in [-0.15, -0.1) is 0 Å². The number of nitrogens with one attached hydrogen (secondary N) is 2. The lowest BCUT2D eigenvalue weighted by molar-refractivity contribution is 0.0768. The number of rotatable bonds is 5. The van der Waals surface area contributed by atoms with Crippen LogP contribution >= 0.6 is 12.2 Å². The fourth-order valence-corrected chi connectivity index (χ4v) is 4.57. The van der Waals surface area contributed by atoms with Gasteiger partial charge < -0.3 is 19.9 Å². The quantitative estimate of drug-likeness (QED) is 0.513. The highest BCUT2D eigenvalue weighted by molar-refractivity contribution is 7.80. The summed E-state index contributed by atoms with van der Waals surface area (Å²) in [5.41, 5.74) is 3.24. The molecule has 1 saturated heterocycles. The number of anilines is 1. The monoisotopic (exact) mass is 492 g/mol. The second-order valence-electron chi connectivity index (χ2n) is 8.72. The number of H-pyrrole nitrogens is 1. The van der Waals surface area contributed by atoms with Gasteiger partial charge in [0.25, 0.3) is 5.91 Å². The molecule has 7 nitrogen and oxygen atoms in total. The number of hydrogen-bond donors (Lipinski definition) is 2. The maximum atomic E-state index is 15.1. The average molecular weight is 493 g/mol. The fraction of sp³-hybridized carbons (Fsp3) is 0.269. The van der Waals surface area contributed by atoms with Gasteiger partial charge in [-0.25, -0.2) is 9.18 Å². The number of para-hydroxylation sites is 1. The molecule has 0 spiro atoms. The molecule has 2 aliphatic heterocycles. The summed E-state index contributed by atoms with van der Waals surface area (Å²) in [7, 11) is 0. The van der Waals surface area contributed by atoms with Gasteiger partial charge in [-0.3, -0.25) is 9.69 Å². The zero-order chi connectivity index (χ0) is 24.5. The molecule has 9 heteroatoms. The zero-order valence-corrected chi connectivity index (χ0v) is 20.0. The first-order chi connectivity index (χ1) is 16.9. The van der Waals surface area contributed by atoms with E-state index in [2.05, 4.69) is 10.3 Å². The summed E-state index contributed by atoms with van der Waals surface area (Å²) >= 11 is 4.99. The SMILES string of the molecule is CC(=S)NC[C@H]1CN(c2ccc(C3=CCN(C(=O)c4cc5ccccc5[nH]4)CC3)c(F)c2)C(=O)O1. The van der Waals surface area contributed by atoms with Crippen LogP contribution in [0.2, 0.25) is 0 Å². The lowest BCUT2D eigenvalue weighted by Gasteiger charge is -2.26. The number of halogens is 1. The third-order valence-corrected chi connectivity index (χ3v) is 6.46. The van der Waals surface area contributed by atoms with E-state index in [1.807, 2.05) is 36.4 Å². The Kier molecular flexibility index (Phi) is 6.25. The van der Waals surface area contributed by atoms with Crippen molar-refractivity contribution in [2.75, 3.05) is 31.1 Å². The molecule has 1 atom stereocenters. The van der Waals surface area contributed by atoms with Gasteiger partial charge in [0.1, 0.15) is 17.6 Å². The Balaban J connectivity index is 1.26. The van der Waals surface area contributed by atoms with Gasteiger partial charge in [-0.2, -0.15) is 0 Å². The summed E-state index contributed by atoms with van der Waals surface area (Å²) in [6.45, 7) is 3.39. The van der Waals surface area contributed by atoms with Crippen LogP contribution in [0.4, 0.5) is 14.9 Å². The minimum absolute atomic E-state index is 0.0762. The van der Waals surface area contributed by atoms with Gasteiger partial charge in [-0.1, -0.05) is 36.5 Å². The first kappa shape index (κ1) is 23.0. The van der Waals surface area contributed by atoms with E-state index in [0.717, 1.165) is 16.5 Å². The van der Waals surface area contributed by atoms with Crippen molar-refractivity contribution in [2.24, 2.45) is 0 Å². The lowest BCUT2D eigenvalue weighted by Crippen LogP contribution is -2.35. The largest absolute Gasteiger partial charge is 0.442 e. The number of benzene rings is 2. The number of fused-ring (bicyclic) bond motifs is 1. The van der Waals surface area contributed by atoms with Gasteiger partial charge >= 0.3 is 6.09 Å². The number of carbonyl (C=O) groups is 2. The highest BCUT2D eigenvalue weighted by Gasteiger charge is 2.32. The second kappa shape index (κ2) is 9.50. The van der Waals surface area contributed by atoms with E-state index in [4.69, 9.17) is 17.0 Å². The molecule has 180 valence electrons. The normalized spacial score (nSPS) is 17.9. The van der Waals surface area contributed by atoms with E-state index < -0.39 is 11.9 Å². The molecular weight excluding hydrogens is 467 g/mol. The van der Waals surface area contributed by atoms with Crippen LogP contribution in [0, 0.1) is 5.82 Å². The van der Waals surface area contributed by atoms with Gasteiger partial charge in [0.15, 0.2) is 0 Å². The molecule has 3 aromatic rings. The predicted octanol–water partition coefficient (Wildman–Crippen LogP) is 4.50. The van der Waals surface area contributed by atoms with Crippen molar-refractivity contribution in [2.45, 2.75) is 19.4 Å². The molecule has 2 amide bonds. The smallest absolute Gasteiger partial charge is 0.414 e. The Labute approximate surface area is 207 Å². The van der Waals surface area contributed by atoms with Crippen LogP contribution in [0.3, 0.4) is 0 Å². The van der Waals surface area contributed by atoms with E-state index in [0.29, 0.717) is 54.5 Å². The average Bonchev–Trinajstić information content (AvgIpc) is 3.46. The van der Waals surface area contributed by atoms with Crippen molar-refractivity contribution in [1.82, 2.24) is 15.2 Å². The van der Waals surface area contributed by atoms with Crippen LogP contribution in [0.25, 0.3) is 16.5 Å². The predicted molar refractivity (Wildman–Crippen MR) is 137 cm³/mol. The topological polar surface area (TPSA) is 77.7 Å². The highest BCUT2D eigenvalue weighted by atomic mass is 32.1. The van der Waals surface area contributed by atoms with E-state index in [-0.39, 0.29) is 12.0 Å². The Hall–Kier alpha value is -3.72. The van der Waals surface area contributed by atoms with Crippen molar-refractivity contribution in [3.8, 4) is 0 Å². The number of aromatic amines is 1. The molecule has 0 saturated carbocycles. The standard InChI is InChI=1S/C26H25FN4O3S/c1-16(35)28-14-20-15-31(26(33)34-20)19-6-7-21(22(27)13-19)17-8-10-30(11-9-17)25(32)24-12-18-4-2-3-5-23(18)29-24/h2-8,12-13,20,29H,9-11,14-15H2,1H3,(H,28,35)/t20-/m0/s1. The van der Waals surface area contributed by atoms with Gasteiger partial charge in [0.2, 0.25) is 0 Å². The molecule has 35 heavy (non-hydrogen) atoms. The molecule has 0 radical (unpaired) electrons. The number of hydrogen-bond acceptors (Lipinski definition) is 4. The van der Waals surface area contributed by atoms with Gasteiger partial charge in [-0.05, 0) is 49.2 Å². The Morgan fingerprint density at radius 1 is 1.26 bits per heavy atom. The number of ether oxygens (including phenoxy) is 1. The summed E-state index contributed by atoms with van der Waals surface area (Å²) in [6.07, 6.45) is 1.57. The highest BCUT2D eigenvalue weighted by Crippen LogP contribution is 2.30. The van der Waals surface area contributed by atoms with Crippen molar-refractivity contribution in [3.63, 3.8) is 0 Å². The minimum atomic E-state index is -0.506. The summed E-state index contributed by atoms with van der Waals surface area (Å²) in [5.74, 6) is -0.485. The number of aromatic nitrogens is 1. The first-order valence-corrected chi connectivity index (χ1v) is 11.9. The Morgan fingerprint density at radius 2 is 2.09 bits per heavy atom. The summed E-state index contributed by atoms with van der Waals surface area (Å²) in [6, 6.07) is 14.4. The summed E-state index contributed by atoms with van der Waals surface area (Å²) in [5, 5.41) is 3.98. The van der Waals surface area contributed by atoms with Gasteiger partial charge in [0.05, 0.1) is 23.8 Å². The van der Waals surface area contributed by atoms with Crippen molar-refractivity contribution < 1.29 is 18.7 Å². The molecule has 0 bridgehead atoms. The van der Waals surface area contributed by atoms with E-state index in [1.54, 1.807) is 24.0 Å². The van der Waals surface area contributed by atoms with E-state index in [9.17, 15) is 9.59 Å². The first-order valence-electron chi connectivity index (χ1n) is 11.5. The van der Waals surface area contributed by atoms with Crippen molar-refractivity contribution in [3.05, 3.63) is 71.7 Å². The van der Waals surface area contributed by atoms with Crippen LogP contribution in [0.15, 0.2) is 54.6 Å². The lowest BCUT2D eigenvalue weighted by atomic mass is 9.98. The maximum Gasteiger partial charge on any atom is 0.414 e. The number of cyclic esters (lactones) is 1. The number of nitrogens with zero attached hydrogens (tertiary/aromatic N) is 2. The van der Waals surface area contributed by atoms with Crippen LogP contribution in [-0.4, -0.2) is 59.2 Å². The Bertz CT molecular complexity index is 1320. The molecule has 1 fully saturated rings. The second-order valence-corrected chi connectivity index (χ2v) is 9.33. The minimum Gasteiger partial charge on any atom is -0.442 e. The van der Waals surface area contributed by atoms with E-state index in [1.165, 1.54) is 11.0 Å². The van der Waals surface area contributed by atoms with Gasteiger partial charge in [0, 0.05) is 29.6 Å². The number of amides is 2. The maximum absolute atomic E-state index is 15.1. The molecule has 2 aromatic carbocycles. The molecule has 2 N–H and O–H groups in total. The van der Waals surface area contributed by atoms with Crippen LogP contribution in [0.1, 0.15) is 29.4 Å². The molecule has 3 heterocycles. The van der Waals surface area contributed by atoms with Crippen molar-refractivity contribution >= 4 is 51.4 Å². The zero-order valence-electron chi connectivity index (χ0n) is 19.2. The summed E-state index contributed by atoms with van der Waals surface area (Å²) in [4.78, 5) is 32.2. The Morgan fingerprint density at radius 3 is 2.80 bits per heavy atom. The summed E-state index contributed by atoms with van der Waals surface area (Å²) < 4.78 is 20.4. The molecule has 2 aliphatic rings. The number of carbonyl (C=O) groups excluding carboxylic acids is 2. The molecule has 5 rings (SSSR count). The fourth-order valence-electron chi connectivity index (χ4n) is 4.49. The molecule has 0 aliphatic carbocycles. The van der Waals surface area contributed by atoms with Crippen LogP contribution < -0.4 is 10.2 Å². The third-order valence-electron chi connectivity index (χ3n) is 6.32. The van der Waals surface area contributed by atoms with Crippen molar-refractivity contribution in [1.29, 1.82) is 0 Å². The van der Waals surface area contributed by atoms with Crippen LogP contribution in [-0.2, 0) is 4.74 Å². The molecular formula is C26H25FN4O3S. The third kappa shape index (κ3) is 4.77. The molecule has 0 unspecified atom stereocenters. The van der Waals surface area contributed by atoms with Crippen LogP contribution in [0.5, 0.6) is 0 Å². The molecule has 1 aromatic heterocycles. The number of thiocarbonyl (C=S) groups is 1.